The van der Waals surface area contributed by atoms with Crippen LogP contribution in [0.5, 0.6) is 0 Å². The molecule has 9 heavy (non-hydrogen) atoms. The molecule has 0 aliphatic carbocycles. The molecule has 0 amide bonds. The number of nitrogens with one attached hydrogen (secondary N) is 1. The van der Waals surface area contributed by atoms with E-state index in [1.54, 1.807) is 0 Å². The van der Waals surface area contributed by atoms with Gasteiger partial charge in [-0.25, -0.2) is 10.4 Å². The Morgan fingerprint density at radius 2 is 2.33 bits per heavy atom. The van der Waals surface area contributed by atoms with E-state index in [-0.39, 0.29) is 6.04 Å². The Bertz CT molecular complexity index is 63.3. The lowest BCUT2D eigenvalue weighted by Gasteiger charge is -2.24. The molecule has 0 saturated heterocycles. The van der Waals surface area contributed by atoms with E-state index in [0.717, 1.165) is 6.54 Å². The van der Waals surface area contributed by atoms with Gasteiger partial charge in [-0.1, -0.05) is 6.92 Å². The first-order chi connectivity index (χ1) is 4.22. The molecule has 0 aliphatic rings. The van der Waals surface area contributed by atoms with Crippen LogP contribution >= 0.6 is 0 Å². The summed E-state index contributed by atoms with van der Waals surface area (Å²) in [5.41, 5.74) is 8.24. The van der Waals surface area contributed by atoms with Crippen molar-refractivity contribution in [2.75, 3.05) is 13.2 Å². The van der Waals surface area contributed by atoms with Crippen molar-refractivity contribution in [2.24, 2.45) is 5.73 Å². The van der Waals surface area contributed by atoms with Crippen LogP contribution < -0.4 is 11.2 Å². The number of nitrogens with zero attached hydrogens (tertiary/aromatic N) is 1. The van der Waals surface area contributed by atoms with E-state index in [0.29, 0.717) is 6.67 Å². The number of hydrogen-bond acceptors (Lipinski definition) is 3. The largest absolute Gasteiger partial charge is 0.317 e. The zero-order valence-electron chi connectivity index (χ0n) is 6.22. The average Bonchev–Trinajstić information content (AvgIpc) is 1.82. The van der Waals surface area contributed by atoms with Crippen LogP contribution in [-0.2, 0) is 0 Å². The van der Waals surface area contributed by atoms with Crippen LogP contribution in [-0.4, -0.2) is 24.3 Å². The first kappa shape index (κ1) is 8.88. The number of rotatable bonds is 4. The zero-order chi connectivity index (χ0) is 7.28. The lowest BCUT2D eigenvalue weighted by molar-refractivity contribution is 0.170. The third kappa shape index (κ3) is 3.46. The monoisotopic (exact) mass is 130 g/mol. The fourth-order valence-corrected chi connectivity index (χ4v) is 0.697. The van der Waals surface area contributed by atoms with E-state index in [2.05, 4.69) is 19.3 Å². The molecule has 3 heteroatoms. The second kappa shape index (κ2) is 4.73. The summed E-state index contributed by atoms with van der Waals surface area (Å²) in [6.45, 7) is 9.33. The van der Waals surface area contributed by atoms with E-state index >= 15 is 0 Å². The second-order valence-electron chi connectivity index (χ2n) is 2.00. The number of hydrogen-bond donors (Lipinski definition) is 2. The Balaban J connectivity index is 3.41. The van der Waals surface area contributed by atoms with Crippen molar-refractivity contribution in [1.82, 2.24) is 10.4 Å². The summed E-state index contributed by atoms with van der Waals surface area (Å²) in [5.74, 6) is 0. The quantitative estimate of drug-likeness (QED) is 0.414. The Labute approximate surface area is 57.2 Å². The van der Waals surface area contributed by atoms with Crippen LogP contribution in [0.15, 0.2) is 0 Å². The van der Waals surface area contributed by atoms with Crippen molar-refractivity contribution in [2.45, 2.75) is 19.9 Å². The predicted molar refractivity (Wildman–Crippen MR) is 39.4 cm³/mol. The molecule has 0 aromatic heterocycles. The Morgan fingerprint density at radius 3 is 2.44 bits per heavy atom. The van der Waals surface area contributed by atoms with Gasteiger partial charge in [0, 0.05) is 12.6 Å². The molecule has 0 spiro atoms. The Morgan fingerprint density at radius 1 is 1.78 bits per heavy atom. The van der Waals surface area contributed by atoms with Gasteiger partial charge in [-0.2, -0.15) is 0 Å². The van der Waals surface area contributed by atoms with E-state index in [1.165, 1.54) is 0 Å². The summed E-state index contributed by atoms with van der Waals surface area (Å²) in [4.78, 5) is 0. The van der Waals surface area contributed by atoms with Gasteiger partial charge >= 0.3 is 0 Å². The minimum Gasteiger partial charge on any atom is -0.317 e. The van der Waals surface area contributed by atoms with E-state index in [4.69, 9.17) is 5.73 Å². The molecule has 1 radical (unpaired) electrons. The van der Waals surface area contributed by atoms with Gasteiger partial charge in [0.1, 0.15) is 0 Å². The predicted octanol–water partition coefficient (Wildman–Crippen LogP) is -0.0483. The molecule has 3 N–H and O–H groups in total. The summed E-state index contributed by atoms with van der Waals surface area (Å²) in [6.07, 6.45) is 0. The van der Waals surface area contributed by atoms with Crippen molar-refractivity contribution < 1.29 is 0 Å². The van der Waals surface area contributed by atoms with Gasteiger partial charge in [-0.15, -0.1) is 0 Å². The minimum atomic E-state index is 0.276. The molecular weight excluding hydrogens is 114 g/mol. The summed E-state index contributed by atoms with van der Waals surface area (Å²) < 4.78 is 0. The molecule has 1 atom stereocenters. The van der Waals surface area contributed by atoms with Crippen LogP contribution in [0.4, 0.5) is 0 Å². The molecule has 0 aliphatic heterocycles. The van der Waals surface area contributed by atoms with Crippen molar-refractivity contribution in [3.8, 4) is 0 Å². The average molecular weight is 130 g/mol. The third-order valence-corrected chi connectivity index (χ3v) is 1.17. The minimum absolute atomic E-state index is 0.276. The highest BCUT2D eigenvalue weighted by atomic mass is 15.5. The topological polar surface area (TPSA) is 41.3 Å². The standard InChI is InChI=1S/C6H16N3/c1-4-9(6(2)3)8-5-7/h6,8H,2,4-5,7H2,1,3H3. The van der Waals surface area contributed by atoms with Gasteiger partial charge in [-0.3, -0.25) is 0 Å². The SMILES string of the molecule is [CH2]C(C)N(CC)NCN. The molecule has 0 fully saturated rings. The van der Waals surface area contributed by atoms with Crippen LogP contribution in [0.3, 0.4) is 0 Å². The van der Waals surface area contributed by atoms with Crippen LogP contribution in [0.1, 0.15) is 13.8 Å². The molecule has 0 rings (SSSR count). The van der Waals surface area contributed by atoms with Gasteiger partial charge in [0.05, 0.1) is 6.67 Å². The van der Waals surface area contributed by atoms with Crippen LogP contribution in [0, 0.1) is 6.92 Å². The normalized spacial score (nSPS) is 11.3. The van der Waals surface area contributed by atoms with Gasteiger partial charge in [0.2, 0.25) is 0 Å². The highest BCUT2D eigenvalue weighted by molar-refractivity contribution is 4.62. The van der Waals surface area contributed by atoms with Gasteiger partial charge in [-0.05, 0) is 13.8 Å². The smallest absolute Gasteiger partial charge is 0.0567 e. The molecule has 55 valence electrons. The summed E-state index contributed by atoms with van der Waals surface area (Å²) in [7, 11) is 0. The first-order valence-electron chi connectivity index (χ1n) is 3.25. The van der Waals surface area contributed by atoms with E-state index in [1.807, 2.05) is 11.9 Å². The van der Waals surface area contributed by atoms with Crippen molar-refractivity contribution in [1.29, 1.82) is 0 Å². The Kier molecular flexibility index (Phi) is 4.67. The maximum absolute atomic E-state index is 5.26. The van der Waals surface area contributed by atoms with Crippen molar-refractivity contribution >= 4 is 0 Å². The lowest BCUT2D eigenvalue weighted by Crippen LogP contribution is -2.45. The van der Waals surface area contributed by atoms with E-state index < -0.39 is 0 Å². The Hall–Kier alpha value is -0.120. The van der Waals surface area contributed by atoms with Crippen LogP contribution in [0.25, 0.3) is 0 Å². The van der Waals surface area contributed by atoms with Crippen molar-refractivity contribution in [3.05, 3.63) is 6.92 Å². The van der Waals surface area contributed by atoms with Gasteiger partial charge < -0.3 is 5.73 Å². The van der Waals surface area contributed by atoms with Gasteiger partial charge in [0.15, 0.2) is 0 Å². The van der Waals surface area contributed by atoms with Crippen molar-refractivity contribution in [3.63, 3.8) is 0 Å². The highest BCUT2D eigenvalue weighted by Gasteiger charge is 2.02. The first-order valence-corrected chi connectivity index (χ1v) is 3.25. The third-order valence-electron chi connectivity index (χ3n) is 1.17. The number of nitrogens with two attached hydrogens (primary N) is 1. The molecular formula is C6H16N3. The lowest BCUT2D eigenvalue weighted by atomic mass is 10.4. The van der Waals surface area contributed by atoms with Gasteiger partial charge in [0.25, 0.3) is 0 Å². The molecule has 1 unspecified atom stereocenters. The second-order valence-corrected chi connectivity index (χ2v) is 2.00. The summed E-state index contributed by atoms with van der Waals surface area (Å²) in [5, 5.41) is 1.99. The molecule has 0 aromatic carbocycles. The molecule has 3 nitrogen and oxygen atoms in total. The molecule has 0 bridgehead atoms. The van der Waals surface area contributed by atoms with Crippen LogP contribution in [0.2, 0.25) is 0 Å². The number of hydrazine groups is 1. The summed E-state index contributed by atoms with van der Waals surface area (Å²) >= 11 is 0. The molecule has 0 heterocycles. The fraction of sp³-hybridized carbons (Fsp3) is 0.833. The maximum atomic E-state index is 5.26. The molecule has 0 saturated carbocycles. The zero-order valence-corrected chi connectivity index (χ0v) is 6.22. The van der Waals surface area contributed by atoms with E-state index in [9.17, 15) is 0 Å². The fourth-order valence-electron chi connectivity index (χ4n) is 0.697. The highest BCUT2D eigenvalue weighted by Crippen LogP contribution is 1.89. The summed E-state index contributed by atoms with van der Waals surface area (Å²) in [6, 6.07) is 0.276. The molecule has 0 aromatic rings. The maximum Gasteiger partial charge on any atom is 0.0567 e.